The normalized spacial score (nSPS) is 17.0. The lowest BCUT2D eigenvalue weighted by Gasteiger charge is -2.03. The molecule has 1 aliphatic rings. The number of carbonyl (C=O) groups excluding carboxylic acids is 4. The highest BCUT2D eigenvalue weighted by Crippen LogP contribution is 2.28. The van der Waals surface area contributed by atoms with Crippen molar-refractivity contribution in [3.8, 4) is 5.75 Å². The maximum atomic E-state index is 11.9. The Balaban J connectivity index is 2.33. The van der Waals surface area contributed by atoms with Crippen LogP contribution in [-0.4, -0.2) is 30.1 Å². The van der Waals surface area contributed by atoms with E-state index in [2.05, 4.69) is 4.74 Å². The van der Waals surface area contributed by atoms with E-state index in [1.165, 1.54) is 18.2 Å². The average molecular weight is 262 g/mol. The first-order chi connectivity index (χ1) is 9.08. The van der Waals surface area contributed by atoms with Crippen molar-refractivity contribution in [3.63, 3.8) is 0 Å². The fraction of sp³-hybridized carbons (Fsp3) is 0.231. The lowest BCUT2D eigenvalue weighted by molar-refractivity contribution is -0.134. The van der Waals surface area contributed by atoms with Gasteiger partial charge in [0.05, 0.1) is 0 Å². The highest BCUT2D eigenvalue weighted by atomic mass is 16.5. The Hall–Kier alpha value is -2.50. The predicted molar refractivity (Wildman–Crippen MR) is 62.0 cm³/mol. The predicted octanol–water partition coefficient (Wildman–Crippen LogP) is 0.923. The SMILES string of the molecule is CCC(=O)Oc1ccc2c(c1)C(=O)C(OC=O)C2=O. The molecule has 0 spiro atoms. The van der Waals surface area contributed by atoms with Crippen molar-refractivity contribution in [1.29, 1.82) is 0 Å². The van der Waals surface area contributed by atoms with Crippen LogP contribution in [0.3, 0.4) is 0 Å². The molecule has 0 radical (unpaired) electrons. The summed E-state index contributed by atoms with van der Waals surface area (Å²) in [5, 5.41) is 0. The summed E-state index contributed by atoms with van der Waals surface area (Å²) < 4.78 is 9.42. The summed E-state index contributed by atoms with van der Waals surface area (Å²) in [6.45, 7) is 1.70. The summed E-state index contributed by atoms with van der Waals surface area (Å²) in [5.74, 6) is -1.45. The second kappa shape index (κ2) is 5.01. The molecule has 0 amide bonds. The number of hydrogen-bond acceptors (Lipinski definition) is 6. The van der Waals surface area contributed by atoms with E-state index < -0.39 is 23.6 Å². The highest BCUT2D eigenvalue weighted by molar-refractivity contribution is 6.29. The largest absolute Gasteiger partial charge is 0.448 e. The van der Waals surface area contributed by atoms with Crippen LogP contribution in [0.4, 0.5) is 0 Å². The number of benzene rings is 1. The number of Topliss-reactive ketones (excluding diaryl/α,β-unsaturated/α-hetero) is 2. The average Bonchev–Trinajstić information content (AvgIpc) is 2.64. The number of carbonyl (C=O) groups is 4. The van der Waals surface area contributed by atoms with Gasteiger partial charge in [-0.1, -0.05) is 6.92 Å². The molecule has 98 valence electrons. The summed E-state index contributed by atoms with van der Waals surface area (Å²) >= 11 is 0. The molecule has 1 aromatic rings. The van der Waals surface area contributed by atoms with E-state index >= 15 is 0 Å². The van der Waals surface area contributed by atoms with Gasteiger partial charge in [-0.05, 0) is 18.2 Å². The van der Waals surface area contributed by atoms with Gasteiger partial charge in [-0.25, -0.2) is 0 Å². The van der Waals surface area contributed by atoms with Crippen LogP contribution in [0.2, 0.25) is 0 Å². The maximum Gasteiger partial charge on any atom is 0.310 e. The topological polar surface area (TPSA) is 86.7 Å². The number of esters is 1. The zero-order valence-corrected chi connectivity index (χ0v) is 10.0. The lowest BCUT2D eigenvalue weighted by atomic mass is 10.1. The minimum absolute atomic E-state index is 0.0599. The maximum absolute atomic E-state index is 11.9. The van der Waals surface area contributed by atoms with E-state index in [0.717, 1.165) is 0 Å². The summed E-state index contributed by atoms with van der Waals surface area (Å²) in [6.07, 6.45) is -1.23. The molecule has 0 bridgehead atoms. The van der Waals surface area contributed by atoms with E-state index in [-0.39, 0.29) is 29.8 Å². The Morgan fingerprint density at radius 1 is 1.26 bits per heavy atom. The van der Waals surface area contributed by atoms with Crippen molar-refractivity contribution in [1.82, 2.24) is 0 Å². The van der Waals surface area contributed by atoms with Crippen LogP contribution in [0.5, 0.6) is 5.75 Å². The standard InChI is InChI=1S/C13H10O6/c1-2-10(15)19-7-3-4-8-9(5-7)12(17)13(11(8)16)18-6-14/h3-6,13H,2H2,1H3. The van der Waals surface area contributed by atoms with Gasteiger partial charge in [-0.15, -0.1) is 0 Å². The van der Waals surface area contributed by atoms with E-state index in [1.807, 2.05) is 0 Å². The Bertz CT molecular complexity index is 574. The summed E-state index contributed by atoms with van der Waals surface area (Å²) in [5.41, 5.74) is 0.256. The van der Waals surface area contributed by atoms with Crippen LogP contribution >= 0.6 is 0 Å². The molecule has 0 aliphatic heterocycles. The molecular formula is C13H10O6. The van der Waals surface area contributed by atoms with Gasteiger partial charge in [0.15, 0.2) is 0 Å². The van der Waals surface area contributed by atoms with Crippen LogP contribution in [0.25, 0.3) is 0 Å². The van der Waals surface area contributed by atoms with Crippen LogP contribution in [0.15, 0.2) is 18.2 Å². The van der Waals surface area contributed by atoms with E-state index in [0.29, 0.717) is 0 Å². The van der Waals surface area contributed by atoms with Crippen LogP contribution in [0.1, 0.15) is 34.1 Å². The second-order valence-corrected chi connectivity index (χ2v) is 3.88. The lowest BCUT2D eigenvalue weighted by Crippen LogP contribution is -2.25. The quantitative estimate of drug-likeness (QED) is 0.347. The van der Waals surface area contributed by atoms with Crippen molar-refractivity contribution in [2.75, 3.05) is 0 Å². The molecule has 1 aromatic carbocycles. The zero-order valence-electron chi connectivity index (χ0n) is 10.0. The molecule has 1 aliphatic carbocycles. The highest BCUT2D eigenvalue weighted by Gasteiger charge is 2.40. The molecule has 19 heavy (non-hydrogen) atoms. The number of hydrogen-bond donors (Lipinski definition) is 0. The minimum atomic E-state index is -1.43. The number of ketones is 2. The van der Waals surface area contributed by atoms with Crippen LogP contribution in [-0.2, 0) is 14.3 Å². The Kier molecular flexibility index (Phi) is 3.41. The Morgan fingerprint density at radius 3 is 2.58 bits per heavy atom. The molecular weight excluding hydrogens is 252 g/mol. The van der Waals surface area contributed by atoms with Crippen LogP contribution < -0.4 is 4.74 Å². The number of ether oxygens (including phenoxy) is 2. The summed E-state index contributed by atoms with van der Waals surface area (Å²) in [7, 11) is 0. The molecule has 0 saturated heterocycles. The van der Waals surface area contributed by atoms with Crippen LogP contribution in [0, 0.1) is 0 Å². The Labute approximate surface area is 108 Å². The summed E-state index contributed by atoms with van der Waals surface area (Å²) in [6, 6.07) is 4.10. The van der Waals surface area contributed by atoms with E-state index in [4.69, 9.17) is 4.74 Å². The van der Waals surface area contributed by atoms with Gasteiger partial charge in [-0.3, -0.25) is 19.2 Å². The van der Waals surface area contributed by atoms with Gasteiger partial charge >= 0.3 is 5.97 Å². The van der Waals surface area contributed by atoms with Gasteiger partial charge in [0.1, 0.15) is 5.75 Å². The first kappa shape index (κ1) is 12.9. The van der Waals surface area contributed by atoms with Gasteiger partial charge in [-0.2, -0.15) is 0 Å². The molecule has 0 aromatic heterocycles. The van der Waals surface area contributed by atoms with E-state index in [9.17, 15) is 19.2 Å². The van der Waals surface area contributed by atoms with Gasteiger partial charge in [0.2, 0.25) is 17.7 Å². The number of rotatable bonds is 4. The molecule has 6 nitrogen and oxygen atoms in total. The third-order valence-electron chi connectivity index (χ3n) is 2.71. The third-order valence-corrected chi connectivity index (χ3v) is 2.71. The van der Waals surface area contributed by atoms with Crippen molar-refractivity contribution in [3.05, 3.63) is 29.3 Å². The molecule has 1 unspecified atom stereocenters. The van der Waals surface area contributed by atoms with Crippen molar-refractivity contribution < 1.29 is 28.7 Å². The molecule has 0 fully saturated rings. The zero-order chi connectivity index (χ0) is 14.0. The smallest absolute Gasteiger partial charge is 0.310 e. The molecule has 0 heterocycles. The molecule has 0 N–H and O–H groups in total. The van der Waals surface area contributed by atoms with Gasteiger partial charge in [0.25, 0.3) is 6.47 Å². The molecule has 0 saturated carbocycles. The fourth-order valence-electron chi connectivity index (χ4n) is 1.79. The third kappa shape index (κ3) is 2.24. The molecule has 2 rings (SSSR count). The van der Waals surface area contributed by atoms with Crippen molar-refractivity contribution in [2.45, 2.75) is 19.4 Å². The first-order valence-electron chi connectivity index (χ1n) is 5.60. The summed E-state index contributed by atoms with van der Waals surface area (Å²) in [4.78, 5) is 45.0. The monoisotopic (exact) mass is 262 g/mol. The van der Waals surface area contributed by atoms with E-state index in [1.54, 1.807) is 6.92 Å². The number of fused-ring (bicyclic) bond motifs is 1. The fourth-order valence-corrected chi connectivity index (χ4v) is 1.79. The first-order valence-corrected chi connectivity index (χ1v) is 5.60. The Morgan fingerprint density at radius 2 is 1.95 bits per heavy atom. The van der Waals surface area contributed by atoms with Crippen molar-refractivity contribution >= 4 is 24.0 Å². The van der Waals surface area contributed by atoms with Gasteiger partial charge < -0.3 is 9.47 Å². The van der Waals surface area contributed by atoms with Crippen molar-refractivity contribution in [2.24, 2.45) is 0 Å². The van der Waals surface area contributed by atoms with Gasteiger partial charge in [0, 0.05) is 17.5 Å². The second-order valence-electron chi connectivity index (χ2n) is 3.88. The molecule has 1 atom stereocenters. The molecule has 6 heteroatoms. The minimum Gasteiger partial charge on any atom is -0.448 e.